The summed E-state index contributed by atoms with van der Waals surface area (Å²) in [6, 6.07) is 6.43. The van der Waals surface area contributed by atoms with Crippen LogP contribution in [0.3, 0.4) is 0 Å². The van der Waals surface area contributed by atoms with Crippen LogP contribution in [0.4, 0.5) is 4.39 Å². The van der Waals surface area contributed by atoms with Crippen molar-refractivity contribution in [2.75, 3.05) is 20.3 Å². The van der Waals surface area contributed by atoms with Gasteiger partial charge < -0.3 is 15.4 Å². The van der Waals surface area contributed by atoms with Crippen molar-refractivity contribution in [1.82, 2.24) is 10.6 Å². The molecule has 0 spiro atoms. The lowest BCUT2D eigenvalue weighted by Crippen LogP contribution is -2.38. The van der Waals surface area contributed by atoms with Crippen molar-refractivity contribution in [3.05, 3.63) is 35.6 Å². The van der Waals surface area contributed by atoms with E-state index in [0.717, 1.165) is 5.56 Å². The van der Waals surface area contributed by atoms with Crippen LogP contribution in [0.15, 0.2) is 24.3 Å². The van der Waals surface area contributed by atoms with Crippen LogP contribution in [-0.2, 0) is 4.74 Å². The smallest absolute Gasteiger partial charge is 0.166 e. The van der Waals surface area contributed by atoms with Crippen LogP contribution in [0.5, 0.6) is 0 Å². The number of thiocarbonyl (C=S) groups is 1. The molecule has 0 aromatic heterocycles. The van der Waals surface area contributed by atoms with Gasteiger partial charge in [0, 0.05) is 13.7 Å². The van der Waals surface area contributed by atoms with Gasteiger partial charge in [0.05, 0.1) is 12.6 Å². The Labute approximate surface area is 106 Å². The van der Waals surface area contributed by atoms with Crippen molar-refractivity contribution in [3.63, 3.8) is 0 Å². The van der Waals surface area contributed by atoms with Gasteiger partial charge in [-0.05, 0) is 36.8 Å². The molecule has 2 N–H and O–H groups in total. The van der Waals surface area contributed by atoms with Crippen LogP contribution < -0.4 is 10.6 Å². The van der Waals surface area contributed by atoms with Crippen LogP contribution in [-0.4, -0.2) is 25.4 Å². The summed E-state index contributed by atoms with van der Waals surface area (Å²) in [6.45, 7) is 3.17. The maximum atomic E-state index is 13.0. The Morgan fingerprint density at radius 1 is 1.53 bits per heavy atom. The Morgan fingerprint density at radius 3 is 2.94 bits per heavy atom. The molecule has 0 bridgehead atoms. The van der Waals surface area contributed by atoms with Crippen molar-refractivity contribution in [1.29, 1.82) is 0 Å². The number of ether oxygens (including phenoxy) is 1. The second kappa shape index (κ2) is 7.19. The summed E-state index contributed by atoms with van der Waals surface area (Å²) in [4.78, 5) is 0. The van der Waals surface area contributed by atoms with Gasteiger partial charge in [0.1, 0.15) is 5.82 Å². The van der Waals surface area contributed by atoms with E-state index in [1.165, 1.54) is 12.1 Å². The van der Waals surface area contributed by atoms with E-state index in [2.05, 4.69) is 10.6 Å². The van der Waals surface area contributed by atoms with Crippen molar-refractivity contribution >= 4 is 17.3 Å². The van der Waals surface area contributed by atoms with Gasteiger partial charge in [0.25, 0.3) is 0 Å². The van der Waals surface area contributed by atoms with Gasteiger partial charge in [-0.3, -0.25) is 0 Å². The molecule has 3 nitrogen and oxygen atoms in total. The molecule has 0 aliphatic rings. The van der Waals surface area contributed by atoms with Crippen molar-refractivity contribution in [2.24, 2.45) is 0 Å². The zero-order valence-corrected chi connectivity index (χ0v) is 10.8. The van der Waals surface area contributed by atoms with Gasteiger partial charge in [-0.2, -0.15) is 0 Å². The highest BCUT2D eigenvalue weighted by Crippen LogP contribution is 2.12. The molecule has 1 aromatic rings. The van der Waals surface area contributed by atoms with E-state index in [-0.39, 0.29) is 11.9 Å². The summed E-state index contributed by atoms with van der Waals surface area (Å²) in [5, 5.41) is 6.62. The second-order valence-electron chi connectivity index (χ2n) is 3.67. The highest BCUT2D eigenvalue weighted by Gasteiger charge is 2.07. The SMILES string of the molecule is COCCNC(=S)NC(C)c1cccc(F)c1. The van der Waals surface area contributed by atoms with E-state index in [9.17, 15) is 4.39 Å². The highest BCUT2D eigenvalue weighted by molar-refractivity contribution is 7.80. The lowest BCUT2D eigenvalue weighted by molar-refractivity contribution is 0.204. The average Bonchev–Trinajstić information content (AvgIpc) is 2.29. The molecule has 0 heterocycles. The minimum Gasteiger partial charge on any atom is -0.383 e. The Hall–Kier alpha value is -1.20. The van der Waals surface area contributed by atoms with E-state index in [1.807, 2.05) is 13.0 Å². The number of halogens is 1. The molecule has 0 amide bonds. The van der Waals surface area contributed by atoms with Crippen LogP contribution >= 0.6 is 12.2 Å². The van der Waals surface area contributed by atoms with Crippen LogP contribution in [0.2, 0.25) is 0 Å². The zero-order valence-electron chi connectivity index (χ0n) is 10.00. The summed E-state index contributed by atoms with van der Waals surface area (Å²) in [7, 11) is 1.63. The van der Waals surface area contributed by atoms with Gasteiger partial charge in [0.15, 0.2) is 5.11 Å². The Bertz CT molecular complexity index is 373. The first-order valence-corrected chi connectivity index (χ1v) is 5.83. The normalized spacial score (nSPS) is 11.9. The molecule has 17 heavy (non-hydrogen) atoms. The topological polar surface area (TPSA) is 33.3 Å². The highest BCUT2D eigenvalue weighted by atomic mass is 32.1. The van der Waals surface area contributed by atoms with Crippen LogP contribution in [0.25, 0.3) is 0 Å². The van der Waals surface area contributed by atoms with Crippen molar-refractivity contribution < 1.29 is 9.13 Å². The Kier molecular flexibility index (Phi) is 5.86. The van der Waals surface area contributed by atoms with Gasteiger partial charge in [0.2, 0.25) is 0 Å². The molecule has 0 aliphatic carbocycles. The molecule has 0 saturated carbocycles. The third-order valence-electron chi connectivity index (χ3n) is 2.29. The second-order valence-corrected chi connectivity index (χ2v) is 4.08. The maximum Gasteiger partial charge on any atom is 0.166 e. The summed E-state index contributed by atoms with van der Waals surface area (Å²) in [5.41, 5.74) is 0.862. The van der Waals surface area contributed by atoms with Crippen LogP contribution in [0, 0.1) is 5.82 Å². The monoisotopic (exact) mass is 256 g/mol. The fraction of sp³-hybridized carbons (Fsp3) is 0.417. The van der Waals surface area contributed by atoms with E-state index < -0.39 is 0 Å². The van der Waals surface area contributed by atoms with Crippen LogP contribution in [0.1, 0.15) is 18.5 Å². The first-order chi connectivity index (χ1) is 8.13. The van der Waals surface area contributed by atoms with Crippen molar-refractivity contribution in [3.8, 4) is 0 Å². The number of methoxy groups -OCH3 is 1. The minimum absolute atomic E-state index is 0.0340. The Balaban J connectivity index is 2.43. The number of hydrogen-bond acceptors (Lipinski definition) is 2. The van der Waals surface area contributed by atoms with E-state index in [0.29, 0.717) is 18.3 Å². The average molecular weight is 256 g/mol. The molecule has 1 unspecified atom stereocenters. The number of rotatable bonds is 5. The Morgan fingerprint density at radius 2 is 2.29 bits per heavy atom. The number of hydrogen-bond donors (Lipinski definition) is 2. The fourth-order valence-electron chi connectivity index (χ4n) is 1.37. The molecule has 0 radical (unpaired) electrons. The molecule has 0 saturated heterocycles. The summed E-state index contributed by atoms with van der Waals surface area (Å²) < 4.78 is 17.9. The predicted molar refractivity (Wildman–Crippen MR) is 70.4 cm³/mol. The zero-order chi connectivity index (χ0) is 12.7. The predicted octanol–water partition coefficient (Wildman–Crippen LogP) is 2.00. The molecular weight excluding hydrogens is 239 g/mol. The van der Waals surface area contributed by atoms with Gasteiger partial charge >= 0.3 is 0 Å². The first-order valence-electron chi connectivity index (χ1n) is 5.42. The lowest BCUT2D eigenvalue weighted by Gasteiger charge is -2.17. The summed E-state index contributed by atoms with van der Waals surface area (Å²) in [5.74, 6) is -0.241. The summed E-state index contributed by atoms with van der Waals surface area (Å²) in [6.07, 6.45) is 0. The lowest BCUT2D eigenvalue weighted by atomic mass is 10.1. The van der Waals surface area contributed by atoms with Crippen molar-refractivity contribution in [2.45, 2.75) is 13.0 Å². The third-order valence-corrected chi connectivity index (χ3v) is 2.55. The fourth-order valence-corrected chi connectivity index (χ4v) is 1.65. The van der Waals surface area contributed by atoms with Gasteiger partial charge in [-0.1, -0.05) is 12.1 Å². The molecule has 5 heteroatoms. The van der Waals surface area contributed by atoms with Gasteiger partial charge in [-0.15, -0.1) is 0 Å². The quantitative estimate of drug-likeness (QED) is 0.623. The molecule has 1 atom stereocenters. The molecule has 0 aliphatic heterocycles. The maximum absolute atomic E-state index is 13.0. The molecule has 1 aromatic carbocycles. The molecule has 0 fully saturated rings. The third kappa shape index (κ3) is 5.10. The first kappa shape index (κ1) is 13.9. The molecular formula is C12H17FN2OS. The number of benzene rings is 1. The molecule has 1 rings (SSSR count). The number of nitrogens with one attached hydrogen (secondary N) is 2. The van der Waals surface area contributed by atoms with Gasteiger partial charge in [-0.25, -0.2) is 4.39 Å². The largest absolute Gasteiger partial charge is 0.383 e. The van der Waals surface area contributed by atoms with E-state index in [4.69, 9.17) is 17.0 Å². The standard InChI is InChI=1S/C12H17FN2OS/c1-9(10-4-3-5-11(13)8-10)15-12(17)14-6-7-16-2/h3-5,8-9H,6-7H2,1-2H3,(H2,14,15,17). The molecule has 94 valence electrons. The van der Waals surface area contributed by atoms with E-state index in [1.54, 1.807) is 13.2 Å². The summed E-state index contributed by atoms with van der Waals surface area (Å²) >= 11 is 5.10. The minimum atomic E-state index is -0.241. The van der Waals surface area contributed by atoms with E-state index >= 15 is 0 Å².